The first-order chi connectivity index (χ1) is 8.70. The molecular formula is C16H26I2. The first kappa shape index (κ1) is 17.0. The number of unbranched alkanes of at least 4 members (excludes halogenated alkanes) is 2. The third-order valence-corrected chi connectivity index (χ3v) is 6.00. The van der Waals surface area contributed by atoms with Gasteiger partial charge in [-0.25, -0.2) is 0 Å². The van der Waals surface area contributed by atoms with E-state index in [4.69, 9.17) is 0 Å². The average molecular weight is 472 g/mol. The van der Waals surface area contributed by atoms with Crippen molar-refractivity contribution < 1.29 is 0 Å². The highest BCUT2D eigenvalue weighted by Crippen LogP contribution is 2.39. The van der Waals surface area contributed by atoms with Gasteiger partial charge in [0.15, 0.2) is 0 Å². The second kappa shape index (κ2) is 9.78. The first-order valence-corrected chi connectivity index (χ1v) is 9.61. The van der Waals surface area contributed by atoms with Crippen LogP contribution >= 0.6 is 45.2 Å². The molecule has 2 heteroatoms. The monoisotopic (exact) mass is 472 g/mol. The standard InChI is InChI=1S/C16H26I2/c1-3-5-11-15(17)13-9-7-8-10-14(13)16(18)12-6-4-2/h3-12H2,1-2H3/b15-13-,16-14-. The molecule has 1 saturated carbocycles. The molecule has 18 heavy (non-hydrogen) atoms. The van der Waals surface area contributed by atoms with Gasteiger partial charge in [-0.05, 0) is 115 Å². The van der Waals surface area contributed by atoms with Crippen LogP contribution in [0.15, 0.2) is 18.3 Å². The van der Waals surface area contributed by atoms with Gasteiger partial charge in [-0.1, -0.05) is 26.7 Å². The van der Waals surface area contributed by atoms with E-state index >= 15 is 0 Å². The topological polar surface area (TPSA) is 0 Å². The highest BCUT2D eigenvalue weighted by Gasteiger charge is 2.17. The molecule has 0 radical (unpaired) electrons. The van der Waals surface area contributed by atoms with Crippen LogP contribution in [-0.4, -0.2) is 0 Å². The van der Waals surface area contributed by atoms with E-state index < -0.39 is 0 Å². The predicted octanol–water partition coefficient (Wildman–Crippen LogP) is 7.32. The lowest BCUT2D eigenvalue weighted by Gasteiger charge is -2.22. The van der Waals surface area contributed by atoms with Crippen LogP contribution in [0.4, 0.5) is 0 Å². The fourth-order valence-corrected chi connectivity index (χ4v) is 4.42. The van der Waals surface area contributed by atoms with Crippen LogP contribution in [0.5, 0.6) is 0 Å². The molecule has 0 amide bonds. The molecule has 0 heterocycles. The number of rotatable bonds is 6. The summed E-state index contributed by atoms with van der Waals surface area (Å²) in [4.78, 5) is 0. The van der Waals surface area contributed by atoms with E-state index in [0.29, 0.717) is 0 Å². The maximum Gasteiger partial charge on any atom is -0.00590 e. The Labute approximate surface area is 140 Å². The van der Waals surface area contributed by atoms with Gasteiger partial charge in [0.1, 0.15) is 0 Å². The smallest absolute Gasteiger partial charge is 0.00590 e. The summed E-state index contributed by atoms with van der Waals surface area (Å²) in [6, 6.07) is 0. The Hall–Kier alpha value is 0.940. The minimum Gasteiger partial charge on any atom is -0.0654 e. The number of hydrogen-bond donors (Lipinski definition) is 0. The minimum atomic E-state index is 1.30. The van der Waals surface area contributed by atoms with Crippen LogP contribution < -0.4 is 0 Å². The lowest BCUT2D eigenvalue weighted by Crippen LogP contribution is -2.02. The van der Waals surface area contributed by atoms with Crippen molar-refractivity contribution in [1.82, 2.24) is 0 Å². The summed E-state index contributed by atoms with van der Waals surface area (Å²) in [5.74, 6) is 0. The first-order valence-electron chi connectivity index (χ1n) is 7.46. The molecule has 0 spiro atoms. The van der Waals surface area contributed by atoms with Crippen molar-refractivity contribution in [3.05, 3.63) is 18.3 Å². The van der Waals surface area contributed by atoms with E-state index in [1.807, 2.05) is 0 Å². The summed E-state index contributed by atoms with van der Waals surface area (Å²) in [5.41, 5.74) is 3.44. The lowest BCUT2D eigenvalue weighted by atomic mass is 9.87. The summed E-state index contributed by atoms with van der Waals surface area (Å²) >= 11 is 5.23. The molecule has 0 nitrogen and oxygen atoms in total. The van der Waals surface area contributed by atoms with E-state index in [0.717, 1.165) is 0 Å². The molecule has 1 aliphatic rings. The third-order valence-electron chi connectivity index (χ3n) is 3.62. The van der Waals surface area contributed by atoms with Crippen molar-refractivity contribution in [3.63, 3.8) is 0 Å². The SMILES string of the molecule is CCCC/C(I)=C1\CCCC\C1=C(\I)CCCC. The summed E-state index contributed by atoms with van der Waals surface area (Å²) < 4.78 is 3.30. The minimum absolute atomic E-state index is 1.30. The highest BCUT2D eigenvalue weighted by molar-refractivity contribution is 14.1. The van der Waals surface area contributed by atoms with Gasteiger partial charge in [0.25, 0.3) is 0 Å². The van der Waals surface area contributed by atoms with Crippen LogP contribution in [0, 0.1) is 0 Å². The largest absolute Gasteiger partial charge is 0.0654 e. The van der Waals surface area contributed by atoms with Crippen molar-refractivity contribution >= 4 is 45.2 Å². The average Bonchev–Trinajstić information content (AvgIpc) is 2.42. The van der Waals surface area contributed by atoms with Gasteiger partial charge in [-0.15, -0.1) is 0 Å². The molecule has 0 N–H and O–H groups in total. The van der Waals surface area contributed by atoms with Crippen molar-refractivity contribution in [2.45, 2.75) is 78.1 Å². The summed E-state index contributed by atoms with van der Waals surface area (Å²) in [5, 5.41) is 0. The van der Waals surface area contributed by atoms with E-state index in [-0.39, 0.29) is 0 Å². The maximum absolute atomic E-state index is 2.61. The number of halogens is 2. The van der Waals surface area contributed by atoms with Gasteiger partial charge in [0.05, 0.1) is 0 Å². The quantitative estimate of drug-likeness (QED) is 0.356. The van der Waals surface area contributed by atoms with Gasteiger partial charge in [-0.3, -0.25) is 0 Å². The molecule has 0 aromatic rings. The summed E-state index contributed by atoms with van der Waals surface area (Å²) in [6.45, 7) is 4.58. The third kappa shape index (κ3) is 5.51. The van der Waals surface area contributed by atoms with E-state index in [9.17, 15) is 0 Å². The molecule has 1 rings (SSSR count). The fraction of sp³-hybridized carbons (Fsp3) is 0.750. The van der Waals surface area contributed by atoms with E-state index in [2.05, 4.69) is 59.0 Å². The van der Waals surface area contributed by atoms with Crippen LogP contribution in [0.2, 0.25) is 0 Å². The number of hydrogen-bond acceptors (Lipinski definition) is 0. The molecular weight excluding hydrogens is 446 g/mol. The molecule has 0 aromatic heterocycles. The van der Waals surface area contributed by atoms with Crippen LogP contribution in [0.25, 0.3) is 0 Å². The Kier molecular flexibility index (Phi) is 9.24. The van der Waals surface area contributed by atoms with Gasteiger partial charge >= 0.3 is 0 Å². The van der Waals surface area contributed by atoms with Gasteiger partial charge < -0.3 is 0 Å². The van der Waals surface area contributed by atoms with E-state index in [1.54, 1.807) is 18.3 Å². The normalized spacial score (nSPS) is 22.0. The second-order valence-corrected chi connectivity index (χ2v) is 7.79. The zero-order chi connectivity index (χ0) is 13.4. The number of allylic oxidation sites excluding steroid dienone is 4. The van der Waals surface area contributed by atoms with Gasteiger partial charge in [-0.2, -0.15) is 0 Å². The van der Waals surface area contributed by atoms with Gasteiger partial charge in [0, 0.05) is 0 Å². The molecule has 0 unspecified atom stereocenters. The molecule has 0 atom stereocenters. The van der Waals surface area contributed by atoms with Crippen LogP contribution in [0.1, 0.15) is 78.1 Å². The fourth-order valence-electron chi connectivity index (χ4n) is 2.47. The predicted molar refractivity (Wildman–Crippen MR) is 99.6 cm³/mol. The summed E-state index contributed by atoms with van der Waals surface area (Å²) in [7, 11) is 0. The summed E-state index contributed by atoms with van der Waals surface area (Å²) in [6.07, 6.45) is 13.4. The lowest BCUT2D eigenvalue weighted by molar-refractivity contribution is 0.665. The Morgan fingerprint density at radius 1 is 0.833 bits per heavy atom. The van der Waals surface area contributed by atoms with Crippen LogP contribution in [-0.2, 0) is 0 Å². The Bertz CT molecular complexity index is 281. The van der Waals surface area contributed by atoms with E-state index in [1.165, 1.54) is 64.2 Å². The molecule has 0 aromatic carbocycles. The van der Waals surface area contributed by atoms with Crippen molar-refractivity contribution in [1.29, 1.82) is 0 Å². The van der Waals surface area contributed by atoms with Crippen LogP contribution in [0.3, 0.4) is 0 Å². The zero-order valence-corrected chi connectivity index (χ0v) is 16.1. The second-order valence-electron chi connectivity index (χ2n) is 5.18. The Morgan fingerprint density at radius 2 is 1.22 bits per heavy atom. The zero-order valence-electron chi connectivity index (χ0n) is 11.8. The molecule has 0 aliphatic heterocycles. The highest BCUT2D eigenvalue weighted by atomic mass is 127. The molecule has 1 aliphatic carbocycles. The Morgan fingerprint density at radius 3 is 1.56 bits per heavy atom. The maximum atomic E-state index is 2.61. The van der Waals surface area contributed by atoms with Crippen molar-refractivity contribution in [2.75, 3.05) is 0 Å². The molecule has 104 valence electrons. The molecule has 0 bridgehead atoms. The molecule has 0 saturated heterocycles. The Balaban J connectivity index is 2.84. The van der Waals surface area contributed by atoms with Crippen molar-refractivity contribution in [2.24, 2.45) is 0 Å². The van der Waals surface area contributed by atoms with Crippen molar-refractivity contribution in [3.8, 4) is 0 Å². The molecule has 1 fully saturated rings. The van der Waals surface area contributed by atoms with Gasteiger partial charge in [0.2, 0.25) is 0 Å².